The van der Waals surface area contributed by atoms with Crippen LogP contribution in [-0.2, 0) is 20.9 Å². The van der Waals surface area contributed by atoms with Crippen LogP contribution >= 0.6 is 0 Å². The summed E-state index contributed by atoms with van der Waals surface area (Å²) in [5.74, 6) is -0.387. The molecular formula is C22H27N5O4. The maximum Gasteiger partial charge on any atom is 0.328 e. The molecular weight excluding hydrogens is 398 g/mol. The Morgan fingerprint density at radius 2 is 1.90 bits per heavy atom. The van der Waals surface area contributed by atoms with Crippen molar-refractivity contribution < 1.29 is 19.1 Å². The molecule has 0 aromatic heterocycles. The van der Waals surface area contributed by atoms with Crippen molar-refractivity contribution in [2.75, 3.05) is 20.1 Å². The highest BCUT2D eigenvalue weighted by atomic mass is 16.5. The molecule has 3 amide bonds. The van der Waals surface area contributed by atoms with Gasteiger partial charge < -0.3 is 19.4 Å². The fourth-order valence-corrected chi connectivity index (χ4v) is 4.05. The van der Waals surface area contributed by atoms with Gasteiger partial charge in [-0.15, -0.1) is 0 Å². The molecule has 0 aliphatic carbocycles. The number of hydrogen-bond donors (Lipinski definition) is 0. The Hall–Kier alpha value is -3.36. The number of likely N-dealkylation sites (N-methyl/N-ethyl adjacent to an activating group) is 1. The Morgan fingerprint density at radius 3 is 2.61 bits per heavy atom. The number of imide groups is 1. The number of fused-ring (bicyclic) bond motifs is 3. The van der Waals surface area contributed by atoms with Gasteiger partial charge >= 0.3 is 12.0 Å². The average Bonchev–Trinajstić information content (AvgIpc) is 3.28. The molecule has 1 aromatic rings. The highest BCUT2D eigenvalue weighted by molar-refractivity contribution is 6.06. The van der Waals surface area contributed by atoms with E-state index in [2.05, 4.69) is 16.8 Å². The second kappa shape index (κ2) is 8.41. The van der Waals surface area contributed by atoms with E-state index in [0.29, 0.717) is 5.96 Å². The molecule has 3 aliphatic heterocycles. The number of carbonyl (C=O) groups is 3. The van der Waals surface area contributed by atoms with Crippen LogP contribution in [0.5, 0.6) is 0 Å². The zero-order valence-electron chi connectivity index (χ0n) is 18.0. The van der Waals surface area contributed by atoms with E-state index in [0.717, 1.165) is 35.5 Å². The number of unbranched alkanes of at least 4 members (excludes halogenated alkanes) is 1. The minimum Gasteiger partial charge on any atom is -0.459 e. The first kappa shape index (κ1) is 20.9. The third-order valence-electron chi connectivity index (χ3n) is 5.77. The van der Waals surface area contributed by atoms with E-state index in [9.17, 15) is 14.4 Å². The van der Waals surface area contributed by atoms with Crippen LogP contribution in [0.3, 0.4) is 0 Å². The van der Waals surface area contributed by atoms with Crippen LogP contribution < -0.4 is 0 Å². The molecule has 0 N–H and O–H groups in total. The zero-order valence-corrected chi connectivity index (χ0v) is 18.0. The first-order valence-electron chi connectivity index (χ1n) is 10.5. The van der Waals surface area contributed by atoms with Gasteiger partial charge in [0, 0.05) is 25.5 Å². The first-order valence-corrected chi connectivity index (χ1v) is 10.5. The molecule has 2 atom stereocenters. The molecule has 164 valence electrons. The molecule has 1 aromatic carbocycles. The molecule has 2 unspecified atom stereocenters. The fraction of sp³-hybridized carbons (Fsp3) is 0.455. The van der Waals surface area contributed by atoms with Crippen molar-refractivity contribution in [3.8, 4) is 0 Å². The summed E-state index contributed by atoms with van der Waals surface area (Å²) in [7, 11) is 1.61. The number of hydrogen-bond acceptors (Lipinski definition) is 7. The molecule has 0 saturated carbocycles. The van der Waals surface area contributed by atoms with Crippen molar-refractivity contribution in [1.82, 2.24) is 19.6 Å². The molecule has 1 saturated heterocycles. The van der Waals surface area contributed by atoms with Gasteiger partial charge in [0.25, 0.3) is 5.91 Å². The smallest absolute Gasteiger partial charge is 0.328 e. The van der Waals surface area contributed by atoms with Crippen LogP contribution in [-0.4, -0.2) is 75.8 Å². The van der Waals surface area contributed by atoms with Gasteiger partial charge in [0.15, 0.2) is 12.2 Å². The molecule has 4 rings (SSSR count). The largest absolute Gasteiger partial charge is 0.459 e. The quantitative estimate of drug-likeness (QED) is 0.621. The molecule has 3 aliphatic rings. The first-order chi connectivity index (χ1) is 14.9. The summed E-state index contributed by atoms with van der Waals surface area (Å²) in [6.07, 6.45) is 3.32. The molecule has 0 spiro atoms. The van der Waals surface area contributed by atoms with E-state index >= 15 is 0 Å². The molecule has 9 nitrogen and oxygen atoms in total. The highest BCUT2D eigenvalue weighted by Gasteiger charge is 2.54. The van der Waals surface area contributed by atoms with E-state index < -0.39 is 36.7 Å². The number of aliphatic imine (C=N–C) groups is 1. The standard InChI is InChI=1S/C22H27N5O4/c1-4-5-11-25-15(2)12-26-18-19(23-21(25)26)24(3)22(30)27(20(18)29)13-17(28)31-14-16-9-7-6-8-10-16/h6-10,12,18-19H,4-5,11,13-14H2,1-3H3. The van der Waals surface area contributed by atoms with Crippen molar-refractivity contribution in [2.24, 2.45) is 4.99 Å². The third-order valence-corrected chi connectivity index (χ3v) is 5.77. The average molecular weight is 425 g/mol. The van der Waals surface area contributed by atoms with E-state index in [4.69, 9.17) is 4.74 Å². The number of amides is 3. The minimum atomic E-state index is -0.679. The Labute approximate surface area is 181 Å². The van der Waals surface area contributed by atoms with Crippen molar-refractivity contribution in [1.29, 1.82) is 0 Å². The summed E-state index contributed by atoms with van der Waals surface area (Å²) < 4.78 is 5.27. The minimum absolute atomic E-state index is 0.0888. The van der Waals surface area contributed by atoms with E-state index in [1.54, 1.807) is 7.05 Å². The molecule has 3 heterocycles. The number of urea groups is 1. The molecule has 0 radical (unpaired) electrons. The lowest BCUT2D eigenvalue weighted by Gasteiger charge is -2.39. The number of guanidine groups is 1. The number of carbonyl (C=O) groups excluding carboxylic acids is 3. The van der Waals surface area contributed by atoms with Crippen molar-refractivity contribution >= 4 is 23.9 Å². The summed E-state index contributed by atoms with van der Waals surface area (Å²) >= 11 is 0. The second-order valence-corrected chi connectivity index (χ2v) is 7.93. The van der Waals surface area contributed by atoms with Gasteiger partial charge in [-0.1, -0.05) is 43.7 Å². The van der Waals surface area contributed by atoms with Crippen LogP contribution in [0.15, 0.2) is 47.2 Å². The van der Waals surface area contributed by atoms with Crippen molar-refractivity contribution in [3.05, 3.63) is 47.8 Å². The number of benzene rings is 1. The van der Waals surface area contributed by atoms with Gasteiger partial charge in [-0.3, -0.25) is 14.5 Å². The maximum absolute atomic E-state index is 13.3. The Morgan fingerprint density at radius 1 is 1.16 bits per heavy atom. The number of allylic oxidation sites excluding steroid dienone is 1. The molecule has 1 fully saturated rings. The highest BCUT2D eigenvalue weighted by Crippen LogP contribution is 2.34. The number of rotatable bonds is 7. The number of ether oxygens (including phenoxy) is 1. The second-order valence-electron chi connectivity index (χ2n) is 7.93. The van der Waals surface area contributed by atoms with Crippen LogP contribution in [0.4, 0.5) is 4.79 Å². The van der Waals surface area contributed by atoms with Crippen LogP contribution in [0, 0.1) is 0 Å². The van der Waals surface area contributed by atoms with Crippen LogP contribution in [0.25, 0.3) is 0 Å². The monoisotopic (exact) mass is 425 g/mol. The van der Waals surface area contributed by atoms with E-state index in [1.165, 1.54) is 4.90 Å². The van der Waals surface area contributed by atoms with E-state index in [1.807, 2.05) is 48.4 Å². The van der Waals surface area contributed by atoms with Crippen molar-refractivity contribution in [2.45, 2.75) is 45.5 Å². The molecule has 0 bridgehead atoms. The lowest BCUT2D eigenvalue weighted by atomic mass is 10.1. The van der Waals surface area contributed by atoms with Gasteiger partial charge in [0.2, 0.25) is 5.96 Å². The Bertz CT molecular complexity index is 944. The van der Waals surface area contributed by atoms with Gasteiger partial charge in [-0.25, -0.2) is 9.79 Å². The molecule has 9 heteroatoms. The predicted molar refractivity (Wildman–Crippen MR) is 113 cm³/mol. The van der Waals surface area contributed by atoms with Crippen LogP contribution in [0.2, 0.25) is 0 Å². The van der Waals surface area contributed by atoms with Gasteiger partial charge in [0.1, 0.15) is 13.2 Å². The summed E-state index contributed by atoms with van der Waals surface area (Å²) in [6.45, 7) is 4.56. The topological polar surface area (TPSA) is 85.8 Å². The lowest BCUT2D eigenvalue weighted by Crippen LogP contribution is -2.65. The maximum atomic E-state index is 13.3. The van der Waals surface area contributed by atoms with Crippen LogP contribution in [0.1, 0.15) is 32.3 Å². The lowest BCUT2D eigenvalue weighted by molar-refractivity contribution is -0.151. The fourth-order valence-electron chi connectivity index (χ4n) is 4.05. The summed E-state index contributed by atoms with van der Waals surface area (Å²) in [5, 5.41) is 0. The number of nitrogens with zero attached hydrogens (tertiary/aromatic N) is 5. The summed E-state index contributed by atoms with van der Waals surface area (Å²) in [5.41, 5.74) is 1.84. The zero-order chi connectivity index (χ0) is 22.1. The summed E-state index contributed by atoms with van der Waals surface area (Å²) in [4.78, 5) is 49.4. The van der Waals surface area contributed by atoms with E-state index in [-0.39, 0.29) is 6.61 Å². The summed E-state index contributed by atoms with van der Waals surface area (Å²) in [6, 6.07) is 8.03. The number of esters is 1. The Kier molecular flexibility index (Phi) is 5.67. The van der Waals surface area contributed by atoms with Gasteiger partial charge in [-0.2, -0.15) is 0 Å². The Balaban J connectivity index is 1.47. The van der Waals surface area contributed by atoms with Crippen molar-refractivity contribution in [3.63, 3.8) is 0 Å². The predicted octanol–water partition coefficient (Wildman–Crippen LogP) is 1.97. The molecule has 31 heavy (non-hydrogen) atoms. The third kappa shape index (κ3) is 3.75. The normalized spacial score (nSPS) is 22.4. The van der Waals surface area contributed by atoms with Gasteiger partial charge in [0.05, 0.1) is 0 Å². The SMILES string of the molecule is CCCCN1C(C)=CN2C1=NC1C2C(=O)N(CC(=O)OCc2ccccc2)C(=O)N1C. The van der Waals surface area contributed by atoms with Gasteiger partial charge in [-0.05, 0) is 18.9 Å².